The molecule has 1 aliphatic heterocycles. The highest BCUT2D eigenvalue weighted by atomic mass is 35.5. The number of anilines is 2. The Morgan fingerprint density at radius 2 is 2.00 bits per heavy atom. The first-order chi connectivity index (χ1) is 14.2. The van der Waals surface area contributed by atoms with Gasteiger partial charge in [0.25, 0.3) is 5.91 Å². The summed E-state index contributed by atoms with van der Waals surface area (Å²) in [7, 11) is 1.74. The van der Waals surface area contributed by atoms with Crippen molar-refractivity contribution in [2.75, 3.05) is 23.8 Å². The van der Waals surface area contributed by atoms with Crippen LogP contribution in [0.1, 0.15) is 29.0 Å². The lowest BCUT2D eigenvalue weighted by molar-refractivity contribution is -0.137. The zero-order chi connectivity index (χ0) is 21.6. The molecule has 0 fully saturated rings. The van der Waals surface area contributed by atoms with Crippen molar-refractivity contribution in [3.8, 4) is 11.1 Å². The number of hydrogen-bond donors (Lipinski definition) is 1. The zero-order valence-corrected chi connectivity index (χ0v) is 16.8. The van der Waals surface area contributed by atoms with Crippen LogP contribution in [-0.2, 0) is 6.18 Å². The first kappa shape index (κ1) is 20.2. The molecular weight excluding hydrogens is 419 g/mol. The first-order valence-corrected chi connectivity index (χ1v) is 9.48. The van der Waals surface area contributed by atoms with Gasteiger partial charge in [0, 0.05) is 31.0 Å². The van der Waals surface area contributed by atoms with Gasteiger partial charge in [-0.15, -0.1) is 0 Å². The van der Waals surface area contributed by atoms with Crippen LogP contribution in [0.3, 0.4) is 0 Å². The number of amides is 1. The molecule has 0 saturated heterocycles. The molecule has 2 aromatic heterocycles. The fraction of sp³-hybridized carbons (Fsp3) is 0.250. The highest BCUT2D eigenvalue weighted by molar-refractivity contribution is 6.31. The number of pyridine rings is 1. The lowest BCUT2D eigenvalue weighted by Crippen LogP contribution is -2.42. The van der Waals surface area contributed by atoms with E-state index in [-0.39, 0.29) is 18.5 Å². The van der Waals surface area contributed by atoms with E-state index in [1.54, 1.807) is 36.3 Å². The van der Waals surface area contributed by atoms with Crippen molar-refractivity contribution in [2.45, 2.75) is 19.1 Å². The van der Waals surface area contributed by atoms with Crippen molar-refractivity contribution in [3.63, 3.8) is 0 Å². The molecule has 156 valence electrons. The highest BCUT2D eigenvalue weighted by Crippen LogP contribution is 2.38. The van der Waals surface area contributed by atoms with E-state index in [2.05, 4.69) is 15.4 Å². The molecule has 3 aromatic rings. The van der Waals surface area contributed by atoms with E-state index in [9.17, 15) is 18.0 Å². The van der Waals surface area contributed by atoms with E-state index >= 15 is 0 Å². The summed E-state index contributed by atoms with van der Waals surface area (Å²) in [5, 5.41) is 6.86. The number of nitrogens with one attached hydrogen (secondary N) is 1. The van der Waals surface area contributed by atoms with Gasteiger partial charge in [0.15, 0.2) is 0 Å². The van der Waals surface area contributed by atoms with E-state index in [0.29, 0.717) is 22.8 Å². The van der Waals surface area contributed by atoms with Gasteiger partial charge in [-0.25, -0.2) is 4.98 Å². The quantitative estimate of drug-likeness (QED) is 0.637. The number of aromatic nitrogens is 3. The van der Waals surface area contributed by atoms with Crippen LogP contribution < -0.4 is 10.2 Å². The van der Waals surface area contributed by atoms with Crippen molar-refractivity contribution >= 4 is 29.0 Å². The van der Waals surface area contributed by atoms with Crippen LogP contribution in [0.2, 0.25) is 5.02 Å². The molecule has 1 amide bonds. The Morgan fingerprint density at radius 3 is 2.67 bits per heavy atom. The molecule has 30 heavy (non-hydrogen) atoms. The molecule has 1 atom stereocenters. The summed E-state index contributed by atoms with van der Waals surface area (Å²) in [6, 6.07) is 6.71. The molecule has 3 heterocycles. The van der Waals surface area contributed by atoms with Crippen molar-refractivity contribution in [1.82, 2.24) is 14.8 Å². The zero-order valence-electron chi connectivity index (χ0n) is 16.0. The summed E-state index contributed by atoms with van der Waals surface area (Å²) >= 11 is 5.87. The summed E-state index contributed by atoms with van der Waals surface area (Å²) in [4.78, 5) is 18.9. The van der Waals surface area contributed by atoms with Gasteiger partial charge in [-0.2, -0.15) is 18.3 Å². The molecule has 1 N–H and O–H groups in total. The minimum Gasteiger partial charge on any atom is -0.373 e. The maximum absolute atomic E-state index is 13.3. The smallest absolute Gasteiger partial charge is 0.373 e. The number of rotatable bonds is 3. The molecule has 0 aliphatic carbocycles. The van der Waals surface area contributed by atoms with Crippen molar-refractivity contribution < 1.29 is 18.0 Å². The van der Waals surface area contributed by atoms with Crippen LogP contribution in [0.5, 0.6) is 0 Å². The first-order valence-electron chi connectivity index (χ1n) is 9.11. The number of carbonyl (C=O) groups is 1. The third kappa shape index (κ3) is 3.39. The van der Waals surface area contributed by atoms with E-state index in [1.165, 1.54) is 17.0 Å². The van der Waals surface area contributed by atoms with Crippen LogP contribution in [0.4, 0.5) is 24.7 Å². The second kappa shape index (κ2) is 7.32. The molecule has 0 saturated carbocycles. The predicted molar refractivity (Wildman–Crippen MR) is 108 cm³/mol. The second-order valence-electron chi connectivity index (χ2n) is 6.96. The van der Waals surface area contributed by atoms with E-state index in [1.807, 2.05) is 6.92 Å². The second-order valence-corrected chi connectivity index (χ2v) is 7.37. The number of carbonyl (C=O) groups excluding carboxylic acids is 1. The largest absolute Gasteiger partial charge is 0.417 e. The summed E-state index contributed by atoms with van der Waals surface area (Å²) in [5.41, 5.74) is 1.09. The van der Waals surface area contributed by atoms with Crippen LogP contribution in [0.25, 0.3) is 11.1 Å². The molecule has 0 bridgehead atoms. The normalized spacial score (nSPS) is 16.5. The van der Waals surface area contributed by atoms with Gasteiger partial charge in [-0.05, 0) is 42.8 Å². The van der Waals surface area contributed by atoms with Crippen LogP contribution in [-0.4, -0.2) is 34.3 Å². The Kier molecular flexibility index (Phi) is 4.93. The summed E-state index contributed by atoms with van der Waals surface area (Å²) in [5.74, 6) is 0.273. The average Bonchev–Trinajstić information content (AvgIpc) is 3.16. The van der Waals surface area contributed by atoms with Gasteiger partial charge in [-0.3, -0.25) is 9.48 Å². The standard InChI is InChI=1S/C20H17ClF3N5O/c1-11-10-28(13-3-4-15(16(21)8-13)20(22,23)24)19(30)18-14(9-27-29(11)18)12-5-6-26-17(7-12)25-2/h3-9,11H,10H2,1-2H3,(H,25,26)/t11-/m0/s1. The van der Waals surface area contributed by atoms with Gasteiger partial charge in [0.2, 0.25) is 0 Å². The Morgan fingerprint density at radius 1 is 1.23 bits per heavy atom. The molecule has 1 aromatic carbocycles. The predicted octanol–water partition coefficient (Wildman–Crippen LogP) is 4.88. The maximum Gasteiger partial charge on any atom is 0.417 e. The number of benzene rings is 1. The van der Waals surface area contributed by atoms with Gasteiger partial charge in [0.05, 0.1) is 22.8 Å². The molecule has 0 unspecified atom stereocenters. The molecular formula is C20H17ClF3N5O. The highest BCUT2D eigenvalue weighted by Gasteiger charge is 2.36. The molecule has 4 rings (SSSR count). The topological polar surface area (TPSA) is 63.1 Å². The summed E-state index contributed by atoms with van der Waals surface area (Å²) < 4.78 is 40.7. The van der Waals surface area contributed by atoms with E-state index in [4.69, 9.17) is 11.6 Å². The monoisotopic (exact) mass is 435 g/mol. The van der Waals surface area contributed by atoms with Crippen molar-refractivity contribution in [1.29, 1.82) is 0 Å². The number of nitrogens with zero attached hydrogens (tertiary/aromatic N) is 4. The Hall–Kier alpha value is -3.07. The Balaban J connectivity index is 1.77. The minimum absolute atomic E-state index is 0.182. The SMILES string of the molecule is CNc1cc(-c2cnn3c2C(=O)N(c2ccc(C(F)(F)F)c(Cl)c2)C[C@@H]3C)ccn1. The van der Waals surface area contributed by atoms with Crippen molar-refractivity contribution in [3.05, 3.63) is 59.0 Å². The Labute approximate surface area is 175 Å². The van der Waals surface area contributed by atoms with E-state index < -0.39 is 16.8 Å². The van der Waals surface area contributed by atoms with E-state index in [0.717, 1.165) is 11.6 Å². The van der Waals surface area contributed by atoms with Gasteiger partial charge in [0.1, 0.15) is 11.5 Å². The minimum atomic E-state index is -4.56. The van der Waals surface area contributed by atoms with Crippen molar-refractivity contribution in [2.24, 2.45) is 0 Å². The number of hydrogen-bond acceptors (Lipinski definition) is 4. The van der Waals surface area contributed by atoms with Gasteiger partial charge in [-0.1, -0.05) is 11.6 Å². The summed E-state index contributed by atoms with van der Waals surface area (Å²) in [6.07, 6.45) is -1.33. The molecule has 6 nitrogen and oxygen atoms in total. The molecule has 10 heteroatoms. The molecule has 1 aliphatic rings. The summed E-state index contributed by atoms with van der Waals surface area (Å²) in [6.45, 7) is 2.14. The average molecular weight is 436 g/mol. The number of fused-ring (bicyclic) bond motifs is 1. The third-order valence-corrected chi connectivity index (χ3v) is 5.32. The van der Waals surface area contributed by atoms with Crippen LogP contribution in [0, 0.1) is 0 Å². The van der Waals surface area contributed by atoms with Crippen LogP contribution in [0.15, 0.2) is 42.7 Å². The Bertz CT molecular complexity index is 1130. The third-order valence-electron chi connectivity index (χ3n) is 5.00. The van der Waals surface area contributed by atoms with Crippen LogP contribution >= 0.6 is 11.6 Å². The van der Waals surface area contributed by atoms with Gasteiger partial charge >= 0.3 is 6.18 Å². The maximum atomic E-state index is 13.3. The lowest BCUT2D eigenvalue weighted by Gasteiger charge is -2.32. The van der Waals surface area contributed by atoms with Gasteiger partial charge < -0.3 is 10.2 Å². The fourth-order valence-electron chi connectivity index (χ4n) is 3.53. The molecule has 0 spiro atoms. The number of halogens is 4. The molecule has 0 radical (unpaired) electrons. The fourth-order valence-corrected chi connectivity index (χ4v) is 3.81. The number of alkyl halides is 3. The lowest BCUT2D eigenvalue weighted by atomic mass is 10.0.